The summed E-state index contributed by atoms with van der Waals surface area (Å²) in [5.41, 5.74) is 2.94. The van der Waals surface area contributed by atoms with Crippen LogP contribution in [0.4, 0.5) is 0 Å². The number of hydrogen-bond acceptors (Lipinski definition) is 5. The molecule has 0 fully saturated rings. The van der Waals surface area contributed by atoms with Crippen molar-refractivity contribution in [1.82, 2.24) is 4.90 Å². The van der Waals surface area contributed by atoms with Crippen LogP contribution in [0.1, 0.15) is 22.8 Å². The maximum atomic E-state index is 13.1. The van der Waals surface area contributed by atoms with E-state index in [1.807, 2.05) is 42.5 Å². The molecule has 5 nitrogen and oxygen atoms in total. The third kappa shape index (κ3) is 7.21. The van der Waals surface area contributed by atoms with Crippen LogP contribution < -0.4 is 4.74 Å². The van der Waals surface area contributed by atoms with Crippen molar-refractivity contribution in [3.8, 4) is 5.75 Å². The number of aliphatic hydroxyl groups excluding tert-OH is 1. The monoisotopic (exact) mass is 535 g/mol. The predicted octanol–water partition coefficient (Wildman–Crippen LogP) is 5.96. The Hall–Kier alpha value is -3.16. The van der Waals surface area contributed by atoms with Crippen molar-refractivity contribution in [2.24, 2.45) is 0 Å². The molecule has 0 amide bonds. The third-order valence-electron chi connectivity index (χ3n) is 6.22. The molecule has 1 unspecified atom stereocenters. The molecule has 0 aromatic heterocycles. The van der Waals surface area contributed by atoms with Gasteiger partial charge in [0.1, 0.15) is 5.75 Å². The minimum atomic E-state index is -3.64. The third-order valence-corrected chi connectivity index (χ3v) is 8.22. The van der Waals surface area contributed by atoms with E-state index in [0.717, 1.165) is 16.7 Å². The maximum absolute atomic E-state index is 13.1. The van der Waals surface area contributed by atoms with Gasteiger partial charge >= 0.3 is 0 Å². The molecule has 37 heavy (non-hydrogen) atoms. The fourth-order valence-corrected chi connectivity index (χ4v) is 5.66. The molecule has 1 atom stereocenters. The molecular formula is C30H30ClNO4S. The van der Waals surface area contributed by atoms with Crippen molar-refractivity contribution < 1.29 is 18.3 Å². The highest BCUT2D eigenvalue weighted by molar-refractivity contribution is 7.91. The van der Waals surface area contributed by atoms with E-state index in [1.54, 1.807) is 42.5 Å². The molecule has 0 radical (unpaired) electrons. The van der Waals surface area contributed by atoms with Gasteiger partial charge in [-0.15, -0.1) is 0 Å². The number of benzene rings is 4. The lowest BCUT2D eigenvalue weighted by Gasteiger charge is -2.25. The van der Waals surface area contributed by atoms with Crippen molar-refractivity contribution in [1.29, 1.82) is 0 Å². The van der Waals surface area contributed by atoms with Crippen LogP contribution in [-0.2, 0) is 22.8 Å². The minimum absolute atomic E-state index is 0.198. The molecule has 0 spiro atoms. The lowest BCUT2D eigenvalue weighted by Crippen LogP contribution is -2.30. The first kappa shape index (κ1) is 26.9. The van der Waals surface area contributed by atoms with Gasteiger partial charge in [0.25, 0.3) is 0 Å². The molecule has 4 aromatic carbocycles. The smallest absolute Gasteiger partial charge is 0.206 e. The molecule has 0 heterocycles. The van der Waals surface area contributed by atoms with E-state index in [2.05, 4.69) is 17.0 Å². The summed E-state index contributed by atoms with van der Waals surface area (Å²) >= 11 is 6.12. The van der Waals surface area contributed by atoms with Crippen LogP contribution >= 0.6 is 11.6 Å². The van der Waals surface area contributed by atoms with Gasteiger partial charge in [0.15, 0.2) is 0 Å². The second kappa shape index (κ2) is 12.4. The van der Waals surface area contributed by atoms with E-state index in [9.17, 15) is 13.5 Å². The average Bonchev–Trinajstić information content (AvgIpc) is 2.92. The number of ether oxygens (including phenoxy) is 1. The summed E-state index contributed by atoms with van der Waals surface area (Å²) in [7, 11) is -2.14. The number of rotatable bonds is 11. The summed E-state index contributed by atoms with van der Waals surface area (Å²) in [4.78, 5) is 2.63. The highest BCUT2D eigenvalue weighted by Gasteiger charge is 2.19. The van der Waals surface area contributed by atoms with E-state index in [4.69, 9.17) is 16.3 Å². The number of methoxy groups -OCH3 is 1. The normalized spacial score (nSPS) is 12.4. The van der Waals surface area contributed by atoms with Crippen LogP contribution in [-0.4, -0.2) is 38.6 Å². The Bertz CT molecular complexity index is 1410. The van der Waals surface area contributed by atoms with Crippen LogP contribution in [0, 0.1) is 0 Å². The minimum Gasteiger partial charge on any atom is -0.497 e. The van der Waals surface area contributed by atoms with Crippen LogP contribution in [0.15, 0.2) is 113 Å². The first-order chi connectivity index (χ1) is 17.8. The molecule has 0 aliphatic carbocycles. The topological polar surface area (TPSA) is 66.8 Å². The molecule has 7 heteroatoms. The molecular weight excluding hydrogens is 506 g/mol. The quantitative estimate of drug-likeness (QED) is 0.257. The molecule has 0 aliphatic heterocycles. The highest BCUT2D eigenvalue weighted by atomic mass is 35.5. The zero-order valence-corrected chi connectivity index (χ0v) is 22.2. The fraction of sp³-hybridized carbons (Fsp3) is 0.200. The molecule has 0 saturated carbocycles. The zero-order valence-electron chi connectivity index (χ0n) is 20.6. The van der Waals surface area contributed by atoms with Crippen molar-refractivity contribution in [3.05, 3.63) is 125 Å². The largest absolute Gasteiger partial charge is 0.497 e. The van der Waals surface area contributed by atoms with Gasteiger partial charge in [-0.3, -0.25) is 4.90 Å². The van der Waals surface area contributed by atoms with Gasteiger partial charge < -0.3 is 9.84 Å². The van der Waals surface area contributed by atoms with Gasteiger partial charge in [0.05, 0.1) is 23.0 Å². The van der Waals surface area contributed by atoms with E-state index >= 15 is 0 Å². The summed E-state index contributed by atoms with van der Waals surface area (Å²) in [6.07, 6.45) is 0.0204. The van der Waals surface area contributed by atoms with Gasteiger partial charge in [0.2, 0.25) is 9.84 Å². The molecule has 4 rings (SSSR count). The molecule has 0 saturated heterocycles. The Morgan fingerprint density at radius 1 is 0.838 bits per heavy atom. The van der Waals surface area contributed by atoms with Gasteiger partial charge in [-0.1, -0.05) is 72.3 Å². The number of aliphatic hydroxyl groups is 1. The Morgan fingerprint density at radius 3 is 2.27 bits per heavy atom. The molecule has 192 valence electrons. The summed E-state index contributed by atoms with van der Waals surface area (Å²) in [6, 6.07) is 30.9. The van der Waals surface area contributed by atoms with Crippen LogP contribution in [0.5, 0.6) is 5.75 Å². The van der Waals surface area contributed by atoms with Crippen molar-refractivity contribution in [2.75, 3.05) is 20.2 Å². The summed E-state index contributed by atoms with van der Waals surface area (Å²) in [5, 5.41) is 11.5. The van der Waals surface area contributed by atoms with Crippen LogP contribution in [0.25, 0.3) is 0 Å². The molecule has 0 bridgehead atoms. The number of sulfone groups is 1. The SMILES string of the molecule is COc1cccc(S(=O)(=O)c2ccc(CCN(Cc3ccccc3)CC(O)c3cccc(Cl)c3)cc2)c1. The number of nitrogens with zero attached hydrogens (tertiary/aromatic N) is 1. The highest BCUT2D eigenvalue weighted by Crippen LogP contribution is 2.25. The van der Waals surface area contributed by atoms with E-state index in [1.165, 1.54) is 13.2 Å². The predicted molar refractivity (Wildman–Crippen MR) is 147 cm³/mol. The Kier molecular flexibility index (Phi) is 9.00. The average molecular weight is 536 g/mol. The maximum Gasteiger partial charge on any atom is 0.206 e. The van der Waals surface area contributed by atoms with Gasteiger partial charge in [0, 0.05) is 24.7 Å². The Morgan fingerprint density at radius 2 is 1.57 bits per heavy atom. The summed E-state index contributed by atoms with van der Waals surface area (Å²) in [5.74, 6) is 0.496. The Balaban J connectivity index is 1.46. The van der Waals surface area contributed by atoms with Crippen LogP contribution in [0.3, 0.4) is 0 Å². The zero-order chi connectivity index (χ0) is 26.3. The van der Waals surface area contributed by atoms with Gasteiger partial charge in [-0.2, -0.15) is 0 Å². The van der Waals surface area contributed by atoms with Crippen LogP contribution in [0.2, 0.25) is 5.02 Å². The fourth-order valence-electron chi connectivity index (χ4n) is 4.17. The molecule has 1 N–H and O–H groups in total. The second-order valence-electron chi connectivity index (χ2n) is 8.87. The number of halogens is 1. The lowest BCUT2D eigenvalue weighted by atomic mass is 10.1. The van der Waals surface area contributed by atoms with E-state index < -0.39 is 15.9 Å². The van der Waals surface area contributed by atoms with Gasteiger partial charge in [-0.05, 0) is 65.6 Å². The first-order valence-electron chi connectivity index (χ1n) is 12.0. The summed E-state index contributed by atoms with van der Waals surface area (Å²) in [6.45, 7) is 1.81. The van der Waals surface area contributed by atoms with Crippen molar-refractivity contribution in [3.63, 3.8) is 0 Å². The molecule has 4 aromatic rings. The summed E-state index contributed by atoms with van der Waals surface area (Å²) < 4.78 is 31.3. The second-order valence-corrected chi connectivity index (χ2v) is 11.3. The Labute approximate surface area is 223 Å². The molecule has 0 aliphatic rings. The van der Waals surface area contributed by atoms with Gasteiger partial charge in [-0.25, -0.2) is 8.42 Å². The standard InChI is InChI=1S/C30H30ClNO4S/c1-36-27-11-6-12-29(20-27)37(34,35)28-15-13-23(14-16-28)17-18-32(21-24-7-3-2-4-8-24)22-30(33)25-9-5-10-26(31)19-25/h2-16,19-20,30,33H,17-18,21-22H2,1H3. The van der Waals surface area contributed by atoms with Crippen molar-refractivity contribution in [2.45, 2.75) is 28.9 Å². The number of hydrogen-bond donors (Lipinski definition) is 1. The van der Waals surface area contributed by atoms with E-state index in [0.29, 0.717) is 36.8 Å². The lowest BCUT2D eigenvalue weighted by molar-refractivity contribution is 0.109. The van der Waals surface area contributed by atoms with E-state index in [-0.39, 0.29) is 9.79 Å². The first-order valence-corrected chi connectivity index (χ1v) is 13.9. The van der Waals surface area contributed by atoms with Crippen molar-refractivity contribution >= 4 is 21.4 Å².